The highest BCUT2D eigenvalue weighted by Gasteiger charge is 2.10. The Hall–Kier alpha value is -3.19. The monoisotopic (exact) mass is 408 g/mol. The van der Waals surface area contributed by atoms with Crippen molar-refractivity contribution in [3.05, 3.63) is 70.6 Å². The summed E-state index contributed by atoms with van der Waals surface area (Å²) < 4.78 is 7.38. The summed E-state index contributed by atoms with van der Waals surface area (Å²) in [6, 6.07) is 14.9. The number of hydrogen-bond acceptors (Lipinski definition) is 5. The SMILES string of the molecule is CCN(CC)CCOc1ccccc1CNC(=O)Cn1c(=O)cnc2ccccc21. The summed E-state index contributed by atoms with van der Waals surface area (Å²) >= 11 is 0. The van der Waals surface area contributed by atoms with Crippen molar-refractivity contribution in [3.63, 3.8) is 0 Å². The normalized spacial score (nSPS) is 11.0. The van der Waals surface area contributed by atoms with Crippen molar-refractivity contribution in [2.75, 3.05) is 26.2 Å². The molecule has 0 saturated heterocycles. The molecule has 0 unspecified atom stereocenters. The molecule has 0 atom stereocenters. The number of benzene rings is 2. The fourth-order valence-electron chi connectivity index (χ4n) is 3.29. The molecule has 0 spiro atoms. The maximum absolute atomic E-state index is 12.5. The quantitative estimate of drug-likeness (QED) is 0.558. The number of fused-ring (bicyclic) bond motifs is 1. The largest absolute Gasteiger partial charge is 0.492 e. The molecule has 3 rings (SSSR count). The van der Waals surface area contributed by atoms with Crippen LogP contribution in [0.3, 0.4) is 0 Å². The van der Waals surface area contributed by atoms with Crippen molar-refractivity contribution in [2.45, 2.75) is 26.9 Å². The summed E-state index contributed by atoms with van der Waals surface area (Å²) in [5, 5.41) is 2.89. The van der Waals surface area contributed by atoms with Crippen LogP contribution in [0.4, 0.5) is 0 Å². The van der Waals surface area contributed by atoms with Crippen molar-refractivity contribution in [2.24, 2.45) is 0 Å². The van der Waals surface area contributed by atoms with E-state index >= 15 is 0 Å². The lowest BCUT2D eigenvalue weighted by Gasteiger charge is -2.19. The molecule has 158 valence electrons. The van der Waals surface area contributed by atoms with Gasteiger partial charge in [0, 0.05) is 18.7 Å². The number of amides is 1. The van der Waals surface area contributed by atoms with E-state index in [9.17, 15) is 9.59 Å². The van der Waals surface area contributed by atoms with Gasteiger partial charge in [0.05, 0.1) is 17.2 Å². The smallest absolute Gasteiger partial charge is 0.269 e. The van der Waals surface area contributed by atoms with Crippen molar-refractivity contribution >= 4 is 16.9 Å². The average Bonchev–Trinajstić information content (AvgIpc) is 2.78. The third kappa shape index (κ3) is 5.45. The highest BCUT2D eigenvalue weighted by Crippen LogP contribution is 2.17. The molecule has 1 heterocycles. The van der Waals surface area contributed by atoms with Gasteiger partial charge in [-0.1, -0.05) is 44.2 Å². The molecular weight excluding hydrogens is 380 g/mol. The van der Waals surface area contributed by atoms with Crippen molar-refractivity contribution < 1.29 is 9.53 Å². The number of aromatic nitrogens is 2. The molecule has 7 heteroatoms. The maximum atomic E-state index is 12.5. The standard InChI is InChI=1S/C23H28N4O3/c1-3-26(4-2)13-14-30-21-12-8-5-9-18(21)15-25-22(28)17-27-20-11-7-6-10-19(20)24-16-23(27)29/h5-12,16H,3-4,13-15,17H2,1-2H3,(H,25,28). The third-order valence-corrected chi connectivity index (χ3v) is 5.06. The van der Waals surface area contributed by atoms with Crippen LogP contribution >= 0.6 is 0 Å². The highest BCUT2D eigenvalue weighted by atomic mass is 16.5. The first kappa shape index (κ1) is 21.5. The van der Waals surface area contributed by atoms with E-state index in [0.29, 0.717) is 24.2 Å². The number of likely N-dealkylation sites (N-methyl/N-ethyl adjacent to an activating group) is 1. The zero-order valence-corrected chi connectivity index (χ0v) is 17.5. The average molecular weight is 409 g/mol. The van der Waals surface area contributed by atoms with E-state index in [1.165, 1.54) is 10.8 Å². The molecule has 3 aromatic rings. The molecule has 2 aromatic carbocycles. The van der Waals surface area contributed by atoms with E-state index in [1.807, 2.05) is 42.5 Å². The topological polar surface area (TPSA) is 76.5 Å². The van der Waals surface area contributed by atoms with E-state index in [1.54, 1.807) is 6.07 Å². The molecule has 0 bridgehead atoms. The van der Waals surface area contributed by atoms with Gasteiger partial charge < -0.3 is 15.0 Å². The van der Waals surface area contributed by atoms with Gasteiger partial charge in [-0.3, -0.25) is 14.2 Å². The second-order valence-electron chi connectivity index (χ2n) is 6.93. The van der Waals surface area contributed by atoms with E-state index in [0.717, 1.165) is 30.9 Å². The van der Waals surface area contributed by atoms with Crippen LogP contribution in [0.15, 0.2) is 59.5 Å². The van der Waals surface area contributed by atoms with E-state index < -0.39 is 0 Å². The third-order valence-electron chi connectivity index (χ3n) is 5.06. The molecule has 0 aliphatic heterocycles. The number of para-hydroxylation sites is 3. The number of rotatable bonds is 10. The predicted molar refractivity (Wildman–Crippen MR) is 118 cm³/mol. The van der Waals surface area contributed by atoms with Gasteiger partial charge >= 0.3 is 0 Å². The molecular formula is C23H28N4O3. The van der Waals surface area contributed by atoms with Crippen LogP contribution in [-0.2, 0) is 17.9 Å². The van der Waals surface area contributed by atoms with Gasteiger partial charge in [-0.2, -0.15) is 0 Å². The second kappa shape index (κ2) is 10.5. The van der Waals surface area contributed by atoms with Crippen LogP contribution in [0, 0.1) is 0 Å². The molecule has 1 N–H and O–H groups in total. The van der Waals surface area contributed by atoms with E-state index in [4.69, 9.17) is 4.74 Å². The summed E-state index contributed by atoms with van der Waals surface area (Å²) in [7, 11) is 0. The highest BCUT2D eigenvalue weighted by molar-refractivity contribution is 5.80. The van der Waals surface area contributed by atoms with Gasteiger partial charge in [0.2, 0.25) is 5.91 Å². The van der Waals surface area contributed by atoms with Crippen molar-refractivity contribution in [1.82, 2.24) is 19.8 Å². The van der Waals surface area contributed by atoms with E-state index in [-0.39, 0.29) is 18.0 Å². The van der Waals surface area contributed by atoms with E-state index in [2.05, 4.69) is 29.0 Å². The summed E-state index contributed by atoms with van der Waals surface area (Å²) in [5.41, 5.74) is 1.92. The first-order valence-corrected chi connectivity index (χ1v) is 10.3. The lowest BCUT2D eigenvalue weighted by atomic mass is 10.2. The minimum Gasteiger partial charge on any atom is -0.492 e. The molecule has 1 aromatic heterocycles. The zero-order chi connectivity index (χ0) is 21.3. The van der Waals surface area contributed by atoms with Gasteiger partial charge in [-0.05, 0) is 31.3 Å². The van der Waals surface area contributed by atoms with Gasteiger partial charge in [-0.15, -0.1) is 0 Å². The fourth-order valence-corrected chi connectivity index (χ4v) is 3.29. The Kier molecular flexibility index (Phi) is 7.57. The Labute approximate surface area is 176 Å². The van der Waals surface area contributed by atoms with Crippen LogP contribution in [0.1, 0.15) is 19.4 Å². The molecule has 0 fully saturated rings. The maximum Gasteiger partial charge on any atom is 0.269 e. The van der Waals surface area contributed by atoms with Crippen LogP contribution in [0.5, 0.6) is 5.75 Å². The molecule has 30 heavy (non-hydrogen) atoms. The molecule has 1 amide bonds. The van der Waals surface area contributed by atoms with Gasteiger partial charge in [-0.25, -0.2) is 4.98 Å². The lowest BCUT2D eigenvalue weighted by Crippen LogP contribution is -2.32. The Morgan fingerprint density at radius 1 is 1.10 bits per heavy atom. The van der Waals surface area contributed by atoms with Gasteiger partial charge in [0.15, 0.2) is 0 Å². The minimum atomic E-state index is -0.302. The first-order valence-electron chi connectivity index (χ1n) is 10.3. The van der Waals surface area contributed by atoms with Crippen molar-refractivity contribution in [3.8, 4) is 5.75 Å². The number of carbonyl (C=O) groups is 1. The number of hydrogen-bond donors (Lipinski definition) is 1. The Morgan fingerprint density at radius 3 is 2.63 bits per heavy atom. The summed E-state index contributed by atoms with van der Waals surface area (Å²) in [6.07, 6.45) is 1.24. The van der Waals surface area contributed by atoms with Gasteiger partial charge in [0.25, 0.3) is 5.56 Å². The predicted octanol–water partition coefficient (Wildman–Crippen LogP) is 2.43. The fraction of sp³-hybridized carbons (Fsp3) is 0.348. The van der Waals surface area contributed by atoms with Crippen LogP contribution in [0.2, 0.25) is 0 Å². The number of carbonyl (C=O) groups excluding carboxylic acids is 1. The Bertz CT molecular complexity index is 1040. The summed E-state index contributed by atoms with van der Waals surface area (Å²) in [6.45, 7) is 7.94. The zero-order valence-electron chi connectivity index (χ0n) is 17.5. The molecule has 7 nitrogen and oxygen atoms in total. The van der Waals surface area contributed by atoms with Crippen LogP contribution in [0.25, 0.3) is 11.0 Å². The number of nitrogens with zero attached hydrogens (tertiary/aromatic N) is 3. The van der Waals surface area contributed by atoms with Crippen LogP contribution < -0.4 is 15.6 Å². The molecule has 0 saturated carbocycles. The summed E-state index contributed by atoms with van der Waals surface area (Å²) in [5.74, 6) is 0.517. The van der Waals surface area contributed by atoms with Crippen molar-refractivity contribution in [1.29, 1.82) is 0 Å². The molecule has 0 aliphatic rings. The number of nitrogens with one attached hydrogen (secondary N) is 1. The minimum absolute atomic E-state index is 0.0626. The Morgan fingerprint density at radius 2 is 1.83 bits per heavy atom. The molecule has 0 radical (unpaired) electrons. The first-order chi connectivity index (χ1) is 14.6. The van der Waals surface area contributed by atoms with Crippen LogP contribution in [-0.4, -0.2) is 46.6 Å². The number of ether oxygens (including phenoxy) is 1. The van der Waals surface area contributed by atoms with Gasteiger partial charge in [0.1, 0.15) is 18.9 Å². The Balaban J connectivity index is 1.62. The second-order valence-corrected chi connectivity index (χ2v) is 6.93. The summed E-state index contributed by atoms with van der Waals surface area (Å²) in [4.78, 5) is 31.2. The lowest BCUT2D eigenvalue weighted by molar-refractivity contribution is -0.121. The molecule has 0 aliphatic carbocycles.